The Kier molecular flexibility index (Phi) is 4.81. The molecule has 1 amide bonds. The summed E-state index contributed by atoms with van der Waals surface area (Å²) >= 11 is 5.83. The normalized spacial score (nSPS) is 9.95. The van der Waals surface area contributed by atoms with Crippen molar-refractivity contribution in [1.29, 1.82) is 0 Å². The van der Waals surface area contributed by atoms with Gasteiger partial charge in [0.2, 0.25) is 5.91 Å². The van der Waals surface area contributed by atoms with Gasteiger partial charge in [0, 0.05) is 10.7 Å². The van der Waals surface area contributed by atoms with E-state index < -0.39 is 0 Å². The molecule has 0 aliphatic carbocycles. The van der Waals surface area contributed by atoms with Crippen molar-refractivity contribution < 1.29 is 9.53 Å². The molecule has 0 bridgehead atoms. The van der Waals surface area contributed by atoms with Crippen molar-refractivity contribution in [1.82, 2.24) is 0 Å². The van der Waals surface area contributed by atoms with E-state index in [1.807, 2.05) is 36.4 Å². The van der Waals surface area contributed by atoms with E-state index in [0.717, 1.165) is 5.69 Å². The maximum atomic E-state index is 11.7. The van der Waals surface area contributed by atoms with Crippen molar-refractivity contribution >= 4 is 23.2 Å². The monoisotopic (exact) mass is 275 g/mol. The van der Waals surface area contributed by atoms with Crippen LogP contribution in [0.2, 0.25) is 5.02 Å². The molecule has 0 unspecified atom stereocenters. The van der Waals surface area contributed by atoms with Crippen molar-refractivity contribution in [3.63, 3.8) is 0 Å². The molecule has 0 saturated heterocycles. The number of amides is 1. The van der Waals surface area contributed by atoms with E-state index >= 15 is 0 Å². The number of anilines is 1. The van der Waals surface area contributed by atoms with Gasteiger partial charge in [-0.2, -0.15) is 0 Å². The van der Waals surface area contributed by atoms with Crippen LogP contribution >= 0.6 is 11.6 Å². The van der Waals surface area contributed by atoms with Crippen molar-refractivity contribution in [2.75, 3.05) is 11.9 Å². The van der Waals surface area contributed by atoms with Crippen LogP contribution in [-0.2, 0) is 4.79 Å². The number of hydrogen-bond acceptors (Lipinski definition) is 2. The molecule has 0 spiro atoms. The average Bonchev–Trinajstić information content (AvgIpc) is 2.40. The van der Waals surface area contributed by atoms with Gasteiger partial charge in [-0.3, -0.25) is 4.79 Å². The predicted octanol–water partition coefficient (Wildman–Crippen LogP) is 3.75. The number of hydrogen-bond donors (Lipinski definition) is 1. The Morgan fingerprint density at radius 1 is 1.11 bits per heavy atom. The number of halogens is 1. The van der Waals surface area contributed by atoms with E-state index in [4.69, 9.17) is 16.3 Å². The third-order valence-corrected chi connectivity index (χ3v) is 2.69. The Bertz CT molecular complexity index is 543. The topological polar surface area (TPSA) is 38.3 Å². The molecule has 2 aromatic rings. The molecule has 4 heteroatoms. The number of rotatable bonds is 5. The number of nitrogens with one attached hydrogen (secondary N) is 1. The lowest BCUT2D eigenvalue weighted by Gasteiger charge is -2.07. The zero-order valence-electron chi connectivity index (χ0n) is 10.3. The van der Waals surface area contributed by atoms with Crippen LogP contribution in [0.5, 0.6) is 5.75 Å². The molecule has 0 aliphatic rings. The first-order valence-electron chi connectivity index (χ1n) is 5.97. The fourth-order valence-corrected chi connectivity index (χ4v) is 1.74. The van der Waals surface area contributed by atoms with Crippen LogP contribution in [0.4, 0.5) is 5.69 Å². The van der Waals surface area contributed by atoms with Crippen molar-refractivity contribution in [3.05, 3.63) is 59.6 Å². The summed E-state index contributed by atoms with van der Waals surface area (Å²) in [6, 6.07) is 16.4. The summed E-state index contributed by atoms with van der Waals surface area (Å²) in [4.78, 5) is 11.7. The minimum absolute atomic E-state index is 0.0757. The van der Waals surface area contributed by atoms with Gasteiger partial charge in [-0.1, -0.05) is 35.9 Å². The third kappa shape index (κ3) is 4.64. The second kappa shape index (κ2) is 6.81. The highest BCUT2D eigenvalue weighted by molar-refractivity contribution is 6.30. The zero-order chi connectivity index (χ0) is 13.5. The molecule has 19 heavy (non-hydrogen) atoms. The maximum absolute atomic E-state index is 11.7. The van der Waals surface area contributed by atoms with Crippen LogP contribution in [0, 0.1) is 0 Å². The molecule has 98 valence electrons. The fourth-order valence-electron chi connectivity index (χ4n) is 1.56. The van der Waals surface area contributed by atoms with Crippen molar-refractivity contribution in [2.45, 2.75) is 6.42 Å². The molecule has 0 radical (unpaired) electrons. The van der Waals surface area contributed by atoms with Crippen molar-refractivity contribution in [3.8, 4) is 5.75 Å². The fraction of sp³-hybridized carbons (Fsp3) is 0.133. The second-order valence-electron chi connectivity index (χ2n) is 3.97. The van der Waals surface area contributed by atoms with E-state index in [-0.39, 0.29) is 5.91 Å². The predicted molar refractivity (Wildman–Crippen MR) is 76.6 cm³/mol. The number of benzene rings is 2. The van der Waals surface area contributed by atoms with E-state index in [1.54, 1.807) is 18.2 Å². The SMILES string of the molecule is O=C(CCOc1cccc(Cl)c1)Nc1ccccc1. The Hall–Kier alpha value is -2.00. The average molecular weight is 276 g/mol. The lowest BCUT2D eigenvalue weighted by Crippen LogP contribution is -2.15. The summed E-state index contributed by atoms with van der Waals surface area (Å²) < 4.78 is 5.45. The number of carbonyl (C=O) groups is 1. The van der Waals surface area contributed by atoms with Gasteiger partial charge in [-0.05, 0) is 30.3 Å². The maximum Gasteiger partial charge on any atom is 0.227 e. The van der Waals surface area contributed by atoms with Gasteiger partial charge in [0.15, 0.2) is 0 Å². The molecule has 0 saturated carbocycles. The molecule has 0 heterocycles. The summed E-state index contributed by atoms with van der Waals surface area (Å²) in [6.07, 6.45) is 0.293. The van der Waals surface area contributed by atoms with Crippen LogP contribution in [0.1, 0.15) is 6.42 Å². The Labute approximate surface area is 117 Å². The summed E-state index contributed by atoms with van der Waals surface area (Å²) in [7, 11) is 0. The Balaban J connectivity index is 1.75. The highest BCUT2D eigenvalue weighted by Gasteiger charge is 2.02. The van der Waals surface area contributed by atoms with Crippen molar-refractivity contribution in [2.24, 2.45) is 0 Å². The minimum atomic E-state index is -0.0757. The molecule has 0 aromatic heterocycles. The molecule has 3 nitrogen and oxygen atoms in total. The van der Waals surface area contributed by atoms with E-state index in [0.29, 0.717) is 23.8 Å². The lowest BCUT2D eigenvalue weighted by molar-refractivity contribution is -0.116. The lowest BCUT2D eigenvalue weighted by atomic mass is 10.3. The van der Waals surface area contributed by atoms with E-state index in [2.05, 4.69) is 5.32 Å². The molecular weight excluding hydrogens is 262 g/mol. The number of ether oxygens (including phenoxy) is 1. The minimum Gasteiger partial charge on any atom is -0.493 e. The molecule has 0 aliphatic heterocycles. The van der Waals surface area contributed by atoms with Gasteiger partial charge < -0.3 is 10.1 Å². The number of carbonyl (C=O) groups excluding carboxylic acids is 1. The molecule has 0 atom stereocenters. The Morgan fingerprint density at radius 2 is 1.89 bits per heavy atom. The first kappa shape index (κ1) is 13.4. The molecule has 2 aromatic carbocycles. The second-order valence-corrected chi connectivity index (χ2v) is 4.41. The van der Waals surface area contributed by atoms with Gasteiger partial charge >= 0.3 is 0 Å². The molecule has 0 fully saturated rings. The van der Waals surface area contributed by atoms with E-state index in [9.17, 15) is 4.79 Å². The zero-order valence-corrected chi connectivity index (χ0v) is 11.1. The van der Waals surface area contributed by atoms with Gasteiger partial charge in [0.05, 0.1) is 13.0 Å². The Morgan fingerprint density at radius 3 is 2.63 bits per heavy atom. The smallest absolute Gasteiger partial charge is 0.227 e. The van der Waals surface area contributed by atoms with Crippen LogP contribution in [0.3, 0.4) is 0 Å². The summed E-state index contributed by atoms with van der Waals surface area (Å²) in [5.74, 6) is 0.591. The first-order valence-corrected chi connectivity index (χ1v) is 6.35. The largest absolute Gasteiger partial charge is 0.493 e. The first-order chi connectivity index (χ1) is 9.24. The summed E-state index contributed by atoms with van der Waals surface area (Å²) in [6.45, 7) is 0.318. The highest BCUT2D eigenvalue weighted by atomic mass is 35.5. The molecular formula is C15H14ClNO2. The third-order valence-electron chi connectivity index (χ3n) is 2.45. The summed E-state index contributed by atoms with van der Waals surface area (Å²) in [5, 5.41) is 3.41. The van der Waals surface area contributed by atoms with Crippen LogP contribution in [0.15, 0.2) is 54.6 Å². The number of para-hydroxylation sites is 1. The highest BCUT2D eigenvalue weighted by Crippen LogP contribution is 2.17. The van der Waals surface area contributed by atoms with Crippen LogP contribution in [-0.4, -0.2) is 12.5 Å². The van der Waals surface area contributed by atoms with Gasteiger partial charge in [-0.15, -0.1) is 0 Å². The molecule has 1 N–H and O–H groups in total. The van der Waals surface area contributed by atoms with Gasteiger partial charge in [0.25, 0.3) is 0 Å². The summed E-state index contributed by atoms with van der Waals surface area (Å²) in [5.41, 5.74) is 0.787. The quantitative estimate of drug-likeness (QED) is 0.902. The standard InChI is InChI=1S/C15H14ClNO2/c16-12-5-4-8-14(11-12)19-10-9-15(18)17-13-6-2-1-3-7-13/h1-8,11H,9-10H2,(H,17,18). The van der Waals surface area contributed by atoms with Crippen LogP contribution in [0.25, 0.3) is 0 Å². The molecule has 2 rings (SSSR count). The van der Waals surface area contributed by atoms with Crippen LogP contribution < -0.4 is 10.1 Å². The van der Waals surface area contributed by atoms with Gasteiger partial charge in [-0.25, -0.2) is 0 Å². The van der Waals surface area contributed by atoms with E-state index in [1.165, 1.54) is 0 Å². The van der Waals surface area contributed by atoms with Gasteiger partial charge in [0.1, 0.15) is 5.75 Å².